The molecule has 6 nitrogen and oxygen atoms in total. The Hall–Kier alpha value is -2.22. The van der Waals surface area contributed by atoms with E-state index in [0.717, 1.165) is 5.56 Å². The highest BCUT2D eigenvalue weighted by Crippen LogP contribution is 2.09. The first kappa shape index (κ1) is 19.1. The van der Waals surface area contributed by atoms with Gasteiger partial charge >= 0.3 is 0 Å². The van der Waals surface area contributed by atoms with Crippen LogP contribution in [0.2, 0.25) is 0 Å². The third-order valence-electron chi connectivity index (χ3n) is 3.61. The monoisotopic (exact) mass is 362 g/mol. The van der Waals surface area contributed by atoms with Gasteiger partial charge in [0.2, 0.25) is 5.91 Å². The molecule has 25 heavy (non-hydrogen) atoms. The van der Waals surface area contributed by atoms with Crippen molar-refractivity contribution in [2.45, 2.75) is 18.9 Å². The summed E-state index contributed by atoms with van der Waals surface area (Å²) in [4.78, 5) is 12.6. The quantitative estimate of drug-likeness (QED) is 0.469. The minimum absolute atomic E-state index is 0.193. The van der Waals surface area contributed by atoms with Crippen molar-refractivity contribution in [3.63, 3.8) is 0 Å². The molecule has 2 aromatic carbocycles. The lowest BCUT2D eigenvalue weighted by molar-refractivity contribution is -0.118. The van der Waals surface area contributed by atoms with Crippen LogP contribution in [0.4, 0.5) is 5.69 Å². The van der Waals surface area contributed by atoms with E-state index in [1.165, 1.54) is 0 Å². The average molecular weight is 362 g/mol. The van der Waals surface area contributed by atoms with Crippen molar-refractivity contribution < 1.29 is 17.8 Å². The van der Waals surface area contributed by atoms with Crippen molar-refractivity contribution in [2.75, 3.05) is 17.6 Å². The van der Waals surface area contributed by atoms with Crippen LogP contribution in [0, 0.1) is 0 Å². The molecule has 0 unspecified atom stereocenters. The molecule has 0 aliphatic rings. The van der Waals surface area contributed by atoms with Gasteiger partial charge in [0.05, 0.1) is 11.8 Å². The molecule has 1 atom stereocenters. The van der Waals surface area contributed by atoms with Crippen LogP contribution in [0.15, 0.2) is 60.7 Å². The van der Waals surface area contributed by atoms with Gasteiger partial charge in [-0.25, -0.2) is 0 Å². The molecule has 134 valence electrons. The number of para-hydroxylation sites is 1. The molecule has 0 saturated heterocycles. The highest BCUT2D eigenvalue weighted by atomic mass is 32.2. The molecule has 7 heteroatoms. The number of benzene rings is 2. The van der Waals surface area contributed by atoms with E-state index in [2.05, 4.69) is 10.6 Å². The maximum Gasteiger partial charge on any atom is 0.264 e. The fraction of sp³-hybridized carbons (Fsp3) is 0.278. The van der Waals surface area contributed by atoms with Crippen molar-refractivity contribution in [2.24, 2.45) is 0 Å². The lowest BCUT2D eigenvalue weighted by Crippen LogP contribution is -2.43. The molecular weight excluding hydrogens is 340 g/mol. The molecule has 0 spiro atoms. The molecular formula is C18H22N2O4S. The second-order valence-electron chi connectivity index (χ2n) is 5.69. The zero-order chi connectivity index (χ0) is 18.1. The molecule has 0 saturated carbocycles. The number of carbonyl (C=O) groups is 1. The van der Waals surface area contributed by atoms with Gasteiger partial charge in [-0.2, -0.15) is 8.42 Å². The van der Waals surface area contributed by atoms with Crippen LogP contribution in [-0.4, -0.2) is 37.2 Å². The number of amides is 1. The molecule has 3 N–H and O–H groups in total. The first-order valence-electron chi connectivity index (χ1n) is 8.02. The lowest BCUT2D eigenvalue weighted by atomic mass is 10.0. The van der Waals surface area contributed by atoms with E-state index in [1.54, 1.807) is 12.1 Å². The first-order chi connectivity index (χ1) is 11.9. The molecule has 0 aliphatic heterocycles. The molecule has 1 amide bonds. The molecule has 0 fully saturated rings. The largest absolute Gasteiger partial charge is 0.325 e. The van der Waals surface area contributed by atoms with Crippen molar-refractivity contribution in [3.8, 4) is 0 Å². The Morgan fingerprint density at radius 2 is 1.60 bits per heavy atom. The van der Waals surface area contributed by atoms with E-state index in [0.29, 0.717) is 18.7 Å². The highest BCUT2D eigenvalue weighted by Gasteiger charge is 2.18. The summed E-state index contributed by atoms with van der Waals surface area (Å²) in [6, 6.07) is 18.2. The molecule has 0 radical (unpaired) electrons. The maximum atomic E-state index is 12.6. The number of nitrogens with one attached hydrogen (secondary N) is 2. The van der Waals surface area contributed by atoms with Crippen LogP contribution in [0.5, 0.6) is 0 Å². The smallest absolute Gasteiger partial charge is 0.264 e. The van der Waals surface area contributed by atoms with Gasteiger partial charge in [-0.15, -0.1) is 0 Å². The Kier molecular flexibility index (Phi) is 7.12. The number of hydrogen-bond donors (Lipinski definition) is 3. The van der Waals surface area contributed by atoms with Gasteiger partial charge in [-0.05, 0) is 37.1 Å². The summed E-state index contributed by atoms with van der Waals surface area (Å²) >= 11 is 0. The van der Waals surface area contributed by atoms with Gasteiger partial charge in [-0.1, -0.05) is 48.5 Å². The van der Waals surface area contributed by atoms with Gasteiger partial charge in [0.1, 0.15) is 0 Å². The van der Waals surface area contributed by atoms with Gasteiger partial charge in [0.25, 0.3) is 10.1 Å². The van der Waals surface area contributed by atoms with E-state index in [1.807, 2.05) is 48.5 Å². The van der Waals surface area contributed by atoms with E-state index < -0.39 is 16.2 Å². The first-order valence-corrected chi connectivity index (χ1v) is 9.63. The summed E-state index contributed by atoms with van der Waals surface area (Å²) in [6.45, 7) is 0.305. The summed E-state index contributed by atoms with van der Waals surface area (Å²) in [5, 5.41) is 5.92. The number of rotatable bonds is 9. The van der Waals surface area contributed by atoms with Gasteiger partial charge in [0.15, 0.2) is 0 Å². The predicted octanol–water partition coefficient (Wildman–Crippen LogP) is 2.10. The van der Waals surface area contributed by atoms with Crippen molar-refractivity contribution >= 4 is 21.7 Å². The van der Waals surface area contributed by atoms with Crippen molar-refractivity contribution in [3.05, 3.63) is 66.2 Å². The maximum absolute atomic E-state index is 12.6. The molecule has 2 rings (SSSR count). The summed E-state index contributed by atoms with van der Waals surface area (Å²) in [7, 11) is -3.99. The fourth-order valence-electron chi connectivity index (χ4n) is 2.39. The second kappa shape index (κ2) is 9.31. The van der Waals surface area contributed by atoms with Crippen molar-refractivity contribution in [1.29, 1.82) is 0 Å². The Morgan fingerprint density at radius 3 is 2.20 bits per heavy atom. The summed E-state index contributed by atoms with van der Waals surface area (Å²) in [6.07, 6.45) is 0.703. The number of anilines is 1. The molecule has 0 heterocycles. The average Bonchev–Trinajstić information content (AvgIpc) is 2.58. The van der Waals surface area contributed by atoms with Crippen molar-refractivity contribution in [1.82, 2.24) is 5.32 Å². The van der Waals surface area contributed by atoms with E-state index >= 15 is 0 Å². The summed E-state index contributed by atoms with van der Waals surface area (Å²) in [5.41, 5.74) is 1.70. The van der Waals surface area contributed by atoms with E-state index in [4.69, 9.17) is 4.55 Å². The fourth-order valence-corrected chi connectivity index (χ4v) is 2.90. The Balaban J connectivity index is 1.99. The van der Waals surface area contributed by atoms with Crippen LogP contribution in [0.25, 0.3) is 0 Å². The zero-order valence-corrected chi connectivity index (χ0v) is 14.6. The Labute approximate surface area is 148 Å². The highest BCUT2D eigenvalue weighted by molar-refractivity contribution is 7.85. The van der Waals surface area contributed by atoms with Crippen LogP contribution in [-0.2, 0) is 21.3 Å². The van der Waals surface area contributed by atoms with Gasteiger partial charge in [0, 0.05) is 5.69 Å². The predicted molar refractivity (Wildman–Crippen MR) is 98.0 cm³/mol. The minimum atomic E-state index is -3.99. The number of hydrogen-bond acceptors (Lipinski definition) is 4. The van der Waals surface area contributed by atoms with Gasteiger partial charge in [-0.3, -0.25) is 9.35 Å². The lowest BCUT2D eigenvalue weighted by Gasteiger charge is -2.18. The Bertz CT molecular complexity index is 764. The second-order valence-corrected chi connectivity index (χ2v) is 7.26. The Morgan fingerprint density at radius 1 is 1.00 bits per heavy atom. The standard InChI is InChI=1S/C18H22N2O4S/c21-18(20-16-10-5-2-6-11-16)17(14-15-8-3-1-4-9-15)19-12-7-13-25(22,23)24/h1-6,8-11,17,19H,7,12-14H2,(H,20,21)(H,22,23,24)/t17-/m0/s1. The number of carbonyl (C=O) groups excluding carboxylic acids is 1. The zero-order valence-electron chi connectivity index (χ0n) is 13.8. The molecule has 0 aliphatic carbocycles. The summed E-state index contributed by atoms with van der Waals surface area (Å²) in [5.74, 6) is -0.528. The van der Waals surface area contributed by atoms with Gasteiger partial charge < -0.3 is 10.6 Å². The van der Waals surface area contributed by atoms with Crippen LogP contribution in [0.3, 0.4) is 0 Å². The summed E-state index contributed by atoms with van der Waals surface area (Å²) < 4.78 is 30.4. The van der Waals surface area contributed by atoms with Crippen LogP contribution >= 0.6 is 0 Å². The van der Waals surface area contributed by atoms with E-state index in [-0.39, 0.29) is 18.1 Å². The third kappa shape index (κ3) is 7.47. The van der Waals surface area contributed by atoms with Crippen LogP contribution < -0.4 is 10.6 Å². The van der Waals surface area contributed by atoms with E-state index in [9.17, 15) is 13.2 Å². The molecule has 2 aromatic rings. The molecule has 0 aromatic heterocycles. The minimum Gasteiger partial charge on any atom is -0.325 e. The topological polar surface area (TPSA) is 95.5 Å². The third-order valence-corrected chi connectivity index (χ3v) is 4.41. The SMILES string of the molecule is O=C(Nc1ccccc1)[C@H](Cc1ccccc1)NCCCS(=O)(=O)O. The van der Waals surface area contributed by atoms with Crippen LogP contribution in [0.1, 0.15) is 12.0 Å². The normalized spacial score (nSPS) is 12.5. The molecule has 0 bridgehead atoms.